The Hall–Kier alpha value is -0.970. The van der Waals surface area contributed by atoms with Crippen LogP contribution in [-0.2, 0) is 0 Å². The number of rotatable bonds is 5. The van der Waals surface area contributed by atoms with Crippen LogP contribution in [-0.4, -0.2) is 37.7 Å². The van der Waals surface area contributed by atoms with E-state index in [1.807, 2.05) is 43.3 Å². The van der Waals surface area contributed by atoms with Gasteiger partial charge in [-0.2, -0.15) is 0 Å². The molecule has 0 amide bonds. The van der Waals surface area contributed by atoms with Crippen molar-refractivity contribution >= 4 is 34.8 Å². The van der Waals surface area contributed by atoms with Gasteiger partial charge in [0, 0.05) is 30.2 Å². The van der Waals surface area contributed by atoms with E-state index in [4.69, 9.17) is 39.5 Å². The van der Waals surface area contributed by atoms with Crippen LogP contribution in [0.3, 0.4) is 0 Å². The van der Waals surface area contributed by atoms with Crippen LogP contribution in [0.25, 0.3) is 0 Å². The van der Waals surface area contributed by atoms with E-state index in [1.54, 1.807) is 0 Å². The van der Waals surface area contributed by atoms with Crippen molar-refractivity contribution in [2.75, 3.05) is 32.8 Å². The molecule has 140 valence electrons. The summed E-state index contributed by atoms with van der Waals surface area (Å²) in [7, 11) is 0. The molecular formula is C20H23Cl3N2O. The monoisotopic (exact) mass is 412 g/mol. The third-order valence-corrected chi connectivity index (χ3v) is 5.65. The van der Waals surface area contributed by atoms with Crippen molar-refractivity contribution in [2.45, 2.75) is 19.4 Å². The molecule has 1 atom stereocenters. The largest absolute Gasteiger partial charge is 0.494 e. The molecule has 0 aliphatic carbocycles. The lowest BCUT2D eigenvalue weighted by Gasteiger charge is -2.33. The van der Waals surface area contributed by atoms with Gasteiger partial charge in [-0.15, -0.1) is 0 Å². The molecule has 3 rings (SSSR count). The Balaban J connectivity index is 2.14. The van der Waals surface area contributed by atoms with Crippen LogP contribution in [0.1, 0.15) is 30.5 Å². The Morgan fingerprint density at radius 3 is 2.73 bits per heavy atom. The molecule has 26 heavy (non-hydrogen) atoms. The molecule has 1 unspecified atom stereocenters. The number of halogens is 3. The molecule has 1 saturated heterocycles. The van der Waals surface area contributed by atoms with Crippen LogP contribution in [0.4, 0.5) is 0 Å². The molecule has 2 aromatic rings. The fraction of sp³-hybridized carbons (Fsp3) is 0.400. The highest BCUT2D eigenvalue weighted by molar-refractivity contribution is 6.42. The first-order valence-electron chi connectivity index (χ1n) is 8.92. The van der Waals surface area contributed by atoms with Gasteiger partial charge in [-0.1, -0.05) is 46.9 Å². The normalized spacial score (nSPS) is 16.9. The maximum atomic E-state index is 6.62. The van der Waals surface area contributed by atoms with Crippen LogP contribution in [0.2, 0.25) is 15.1 Å². The third kappa shape index (κ3) is 4.47. The summed E-state index contributed by atoms with van der Waals surface area (Å²) in [4.78, 5) is 2.42. The highest BCUT2D eigenvalue weighted by Gasteiger charge is 2.28. The van der Waals surface area contributed by atoms with Crippen molar-refractivity contribution < 1.29 is 4.74 Å². The summed E-state index contributed by atoms with van der Waals surface area (Å²) in [5.74, 6) is 0.829. The van der Waals surface area contributed by atoms with E-state index in [-0.39, 0.29) is 6.04 Å². The van der Waals surface area contributed by atoms with Crippen molar-refractivity contribution in [3.63, 3.8) is 0 Å². The predicted molar refractivity (Wildman–Crippen MR) is 110 cm³/mol. The number of nitrogens with zero attached hydrogens (tertiary/aromatic N) is 1. The molecule has 1 heterocycles. The molecule has 1 aliphatic heterocycles. The zero-order valence-corrected chi connectivity index (χ0v) is 17.0. The Morgan fingerprint density at radius 2 is 1.92 bits per heavy atom. The number of benzene rings is 2. The lowest BCUT2D eigenvalue weighted by molar-refractivity contribution is 0.233. The van der Waals surface area contributed by atoms with Gasteiger partial charge >= 0.3 is 0 Å². The van der Waals surface area contributed by atoms with Gasteiger partial charge in [0.15, 0.2) is 0 Å². The molecule has 0 aromatic heterocycles. The van der Waals surface area contributed by atoms with Crippen molar-refractivity contribution in [1.29, 1.82) is 0 Å². The minimum atomic E-state index is -0.0682. The first kappa shape index (κ1) is 19.8. The third-order valence-electron chi connectivity index (χ3n) is 4.58. The molecule has 0 bridgehead atoms. The van der Waals surface area contributed by atoms with Crippen molar-refractivity contribution in [3.8, 4) is 5.75 Å². The SMILES string of the molecule is CCOc1ccc(Cl)cc1C(c1cccc(Cl)c1Cl)N1CCCNCC1. The molecular weight excluding hydrogens is 391 g/mol. The van der Waals surface area contributed by atoms with E-state index in [9.17, 15) is 0 Å². The molecule has 2 aromatic carbocycles. The fourth-order valence-corrected chi connectivity index (χ4v) is 4.03. The van der Waals surface area contributed by atoms with Crippen LogP contribution in [0.5, 0.6) is 5.75 Å². The Morgan fingerprint density at radius 1 is 1.08 bits per heavy atom. The second-order valence-electron chi connectivity index (χ2n) is 6.30. The predicted octanol–water partition coefficient (Wildman–Crippen LogP) is 5.43. The van der Waals surface area contributed by atoms with Crippen molar-refractivity contribution in [2.24, 2.45) is 0 Å². The molecule has 0 spiro atoms. The number of ether oxygens (including phenoxy) is 1. The first-order valence-corrected chi connectivity index (χ1v) is 10.1. The maximum absolute atomic E-state index is 6.62. The lowest BCUT2D eigenvalue weighted by Crippen LogP contribution is -2.33. The standard InChI is InChI=1S/C20H23Cl3N2O/c1-2-26-18-8-7-14(21)13-16(18)20(25-11-4-9-24-10-12-25)15-5-3-6-17(22)19(15)23/h3,5-8,13,20,24H,2,4,9-12H2,1H3. The topological polar surface area (TPSA) is 24.5 Å². The molecule has 1 fully saturated rings. The second-order valence-corrected chi connectivity index (χ2v) is 7.52. The summed E-state index contributed by atoms with van der Waals surface area (Å²) < 4.78 is 5.91. The Bertz CT molecular complexity index is 746. The van der Waals surface area contributed by atoms with Gasteiger partial charge < -0.3 is 10.1 Å². The van der Waals surface area contributed by atoms with E-state index in [2.05, 4.69) is 10.2 Å². The van der Waals surface area contributed by atoms with Gasteiger partial charge in [0.1, 0.15) is 5.75 Å². The summed E-state index contributed by atoms with van der Waals surface area (Å²) in [6.07, 6.45) is 1.07. The second kappa shape index (κ2) is 9.29. The molecule has 1 N–H and O–H groups in total. The van der Waals surface area contributed by atoms with Crippen LogP contribution >= 0.6 is 34.8 Å². The summed E-state index contributed by atoms with van der Waals surface area (Å²) in [6, 6.07) is 11.5. The number of hydrogen-bond acceptors (Lipinski definition) is 3. The lowest BCUT2D eigenvalue weighted by atomic mass is 9.95. The zero-order chi connectivity index (χ0) is 18.5. The maximum Gasteiger partial charge on any atom is 0.124 e. The number of hydrogen-bond donors (Lipinski definition) is 1. The van der Waals surface area contributed by atoms with Crippen molar-refractivity contribution in [1.82, 2.24) is 10.2 Å². The average molecular weight is 414 g/mol. The van der Waals surface area contributed by atoms with E-state index in [0.29, 0.717) is 21.7 Å². The summed E-state index contributed by atoms with van der Waals surface area (Å²) in [5.41, 5.74) is 2.00. The van der Waals surface area contributed by atoms with Crippen LogP contribution in [0.15, 0.2) is 36.4 Å². The quantitative estimate of drug-likeness (QED) is 0.707. The smallest absolute Gasteiger partial charge is 0.124 e. The van der Waals surface area contributed by atoms with Crippen molar-refractivity contribution in [3.05, 3.63) is 62.6 Å². The van der Waals surface area contributed by atoms with Crippen LogP contribution in [0, 0.1) is 0 Å². The highest BCUT2D eigenvalue weighted by atomic mass is 35.5. The molecule has 3 nitrogen and oxygen atoms in total. The Kier molecular flexibility index (Phi) is 7.07. The zero-order valence-electron chi connectivity index (χ0n) is 14.8. The van der Waals surface area contributed by atoms with E-state index in [1.165, 1.54) is 0 Å². The first-order chi connectivity index (χ1) is 12.6. The van der Waals surface area contributed by atoms with Gasteiger partial charge in [-0.25, -0.2) is 0 Å². The fourth-order valence-electron chi connectivity index (χ4n) is 3.44. The van der Waals surface area contributed by atoms with Gasteiger partial charge in [0.25, 0.3) is 0 Å². The minimum Gasteiger partial charge on any atom is -0.494 e. The highest BCUT2D eigenvalue weighted by Crippen LogP contribution is 2.41. The average Bonchev–Trinajstić information content (AvgIpc) is 2.90. The summed E-state index contributed by atoms with van der Waals surface area (Å²) >= 11 is 19.3. The van der Waals surface area contributed by atoms with Gasteiger partial charge in [0.2, 0.25) is 0 Å². The van der Waals surface area contributed by atoms with Crippen LogP contribution < -0.4 is 10.1 Å². The molecule has 0 saturated carbocycles. The summed E-state index contributed by atoms with van der Waals surface area (Å²) in [5, 5.41) is 5.27. The van der Waals surface area contributed by atoms with E-state index in [0.717, 1.165) is 49.5 Å². The Labute approximate surface area is 170 Å². The number of nitrogens with one attached hydrogen (secondary N) is 1. The van der Waals surface area contributed by atoms with E-state index >= 15 is 0 Å². The van der Waals surface area contributed by atoms with Gasteiger partial charge in [-0.3, -0.25) is 4.90 Å². The molecule has 6 heteroatoms. The van der Waals surface area contributed by atoms with Gasteiger partial charge in [0.05, 0.1) is 22.7 Å². The molecule has 0 radical (unpaired) electrons. The van der Waals surface area contributed by atoms with Gasteiger partial charge in [-0.05, 0) is 49.7 Å². The minimum absolute atomic E-state index is 0.0682. The summed E-state index contributed by atoms with van der Waals surface area (Å²) in [6.45, 7) is 6.38. The van der Waals surface area contributed by atoms with E-state index < -0.39 is 0 Å². The molecule has 1 aliphatic rings.